The van der Waals surface area contributed by atoms with Gasteiger partial charge in [0.1, 0.15) is 18.2 Å². The predicted molar refractivity (Wildman–Crippen MR) is 50.6 cm³/mol. The third-order valence-corrected chi connectivity index (χ3v) is 1.69. The van der Waals surface area contributed by atoms with Gasteiger partial charge in [-0.25, -0.2) is 4.39 Å². The van der Waals surface area contributed by atoms with Crippen LogP contribution in [0.3, 0.4) is 0 Å². The van der Waals surface area contributed by atoms with Crippen molar-refractivity contribution in [2.75, 3.05) is 6.61 Å². The molecule has 0 spiro atoms. The normalized spacial score (nSPS) is 12.6. The minimum atomic E-state index is -0.377. The van der Waals surface area contributed by atoms with Crippen molar-refractivity contribution in [2.24, 2.45) is 5.73 Å². The number of hydrogen-bond donors (Lipinski definition) is 1. The number of ether oxygens (including phenoxy) is 1. The number of benzene rings is 1. The molecule has 1 atom stereocenters. The maximum Gasteiger partial charge on any atom is 0.138 e. The highest BCUT2D eigenvalue weighted by Crippen LogP contribution is 2.24. The predicted octanol–water partition coefficient (Wildman–Crippen LogP) is 2.21. The summed E-state index contributed by atoms with van der Waals surface area (Å²) in [6.07, 6.45) is 0. The van der Waals surface area contributed by atoms with Gasteiger partial charge in [0.25, 0.3) is 0 Å². The van der Waals surface area contributed by atoms with Crippen molar-refractivity contribution in [3.63, 3.8) is 0 Å². The van der Waals surface area contributed by atoms with E-state index in [0.29, 0.717) is 12.4 Å². The lowest BCUT2D eigenvalue weighted by atomic mass is 10.3. The molecule has 2 N–H and O–H groups in total. The number of hydrogen-bond acceptors (Lipinski definition) is 2. The molecule has 4 heteroatoms. The third kappa shape index (κ3) is 3.20. The van der Waals surface area contributed by atoms with Crippen LogP contribution < -0.4 is 10.5 Å². The van der Waals surface area contributed by atoms with E-state index in [1.54, 1.807) is 0 Å². The lowest BCUT2D eigenvalue weighted by molar-refractivity contribution is 0.296. The summed E-state index contributed by atoms with van der Waals surface area (Å²) in [5.74, 6) is 0.0820. The fourth-order valence-electron chi connectivity index (χ4n) is 0.813. The summed E-state index contributed by atoms with van der Waals surface area (Å²) in [5.41, 5.74) is 5.48. The van der Waals surface area contributed by atoms with Gasteiger partial charge in [-0.05, 0) is 25.1 Å². The molecule has 13 heavy (non-hydrogen) atoms. The molecule has 1 aromatic rings. The second-order valence-electron chi connectivity index (χ2n) is 2.86. The van der Waals surface area contributed by atoms with Crippen LogP contribution in [0.4, 0.5) is 4.39 Å². The highest BCUT2D eigenvalue weighted by molar-refractivity contribution is 6.32. The van der Waals surface area contributed by atoms with Gasteiger partial charge < -0.3 is 10.5 Å². The van der Waals surface area contributed by atoms with Gasteiger partial charge in [0.15, 0.2) is 0 Å². The molecule has 0 saturated heterocycles. The van der Waals surface area contributed by atoms with Crippen molar-refractivity contribution in [3.05, 3.63) is 29.0 Å². The maximum atomic E-state index is 12.6. The molecule has 0 amide bonds. The topological polar surface area (TPSA) is 35.2 Å². The standard InChI is InChI=1S/C9H11ClFNO/c1-6(12)5-13-9-3-2-7(11)4-8(9)10/h2-4,6H,5,12H2,1H3. The van der Waals surface area contributed by atoms with Crippen LogP contribution in [0.2, 0.25) is 5.02 Å². The van der Waals surface area contributed by atoms with E-state index in [0.717, 1.165) is 0 Å². The lowest BCUT2D eigenvalue weighted by Crippen LogP contribution is -2.23. The molecular weight excluding hydrogens is 193 g/mol. The van der Waals surface area contributed by atoms with Gasteiger partial charge in [-0.2, -0.15) is 0 Å². The highest BCUT2D eigenvalue weighted by Gasteiger charge is 2.03. The molecule has 0 saturated carbocycles. The van der Waals surface area contributed by atoms with Gasteiger partial charge in [-0.15, -0.1) is 0 Å². The average Bonchev–Trinajstić information content (AvgIpc) is 2.02. The van der Waals surface area contributed by atoms with Gasteiger partial charge in [-0.1, -0.05) is 11.6 Å². The molecule has 0 radical (unpaired) electrons. The third-order valence-electron chi connectivity index (χ3n) is 1.40. The molecule has 0 aliphatic carbocycles. The van der Waals surface area contributed by atoms with Crippen LogP contribution in [0.5, 0.6) is 5.75 Å². The fourth-order valence-corrected chi connectivity index (χ4v) is 1.04. The summed E-state index contributed by atoms with van der Waals surface area (Å²) in [6.45, 7) is 2.18. The van der Waals surface area contributed by atoms with Gasteiger partial charge in [0.2, 0.25) is 0 Å². The summed E-state index contributed by atoms with van der Waals surface area (Å²) >= 11 is 5.71. The quantitative estimate of drug-likeness (QED) is 0.818. The molecule has 0 heterocycles. The monoisotopic (exact) mass is 203 g/mol. The van der Waals surface area contributed by atoms with Crippen molar-refractivity contribution in [1.82, 2.24) is 0 Å². The Hall–Kier alpha value is -0.800. The van der Waals surface area contributed by atoms with Gasteiger partial charge in [0.05, 0.1) is 5.02 Å². The Morgan fingerprint density at radius 2 is 2.31 bits per heavy atom. The lowest BCUT2D eigenvalue weighted by Gasteiger charge is -2.09. The molecule has 0 aromatic heterocycles. The minimum Gasteiger partial charge on any atom is -0.490 e. The molecule has 72 valence electrons. The van der Waals surface area contributed by atoms with Crippen LogP contribution in [0.1, 0.15) is 6.92 Å². The highest BCUT2D eigenvalue weighted by atomic mass is 35.5. The van der Waals surface area contributed by atoms with E-state index in [-0.39, 0.29) is 16.9 Å². The first-order chi connectivity index (χ1) is 6.09. The van der Waals surface area contributed by atoms with E-state index in [1.807, 2.05) is 6.92 Å². The maximum absolute atomic E-state index is 12.6. The minimum absolute atomic E-state index is 0.0684. The van der Waals surface area contributed by atoms with E-state index in [2.05, 4.69) is 0 Å². The summed E-state index contributed by atoms with van der Waals surface area (Å²) < 4.78 is 17.8. The molecule has 0 bridgehead atoms. The number of rotatable bonds is 3. The van der Waals surface area contributed by atoms with Crippen LogP contribution >= 0.6 is 11.6 Å². The van der Waals surface area contributed by atoms with E-state index < -0.39 is 0 Å². The van der Waals surface area contributed by atoms with Crippen LogP contribution in [0.15, 0.2) is 18.2 Å². The Morgan fingerprint density at radius 1 is 1.62 bits per heavy atom. The average molecular weight is 204 g/mol. The van der Waals surface area contributed by atoms with Crippen molar-refractivity contribution >= 4 is 11.6 Å². The van der Waals surface area contributed by atoms with E-state index >= 15 is 0 Å². The van der Waals surface area contributed by atoms with Crippen molar-refractivity contribution in [3.8, 4) is 5.75 Å². The first-order valence-corrected chi connectivity index (χ1v) is 4.31. The van der Waals surface area contributed by atoms with Gasteiger partial charge in [0, 0.05) is 6.04 Å². The number of halogens is 2. The zero-order chi connectivity index (χ0) is 9.84. The summed E-state index contributed by atoms with van der Waals surface area (Å²) in [6, 6.07) is 3.92. The molecule has 0 fully saturated rings. The molecular formula is C9H11ClFNO. The Kier molecular flexibility index (Phi) is 3.51. The van der Waals surface area contributed by atoms with Gasteiger partial charge >= 0.3 is 0 Å². The summed E-state index contributed by atoms with van der Waals surface area (Å²) in [7, 11) is 0. The van der Waals surface area contributed by atoms with Crippen molar-refractivity contribution in [1.29, 1.82) is 0 Å². The van der Waals surface area contributed by atoms with E-state index in [9.17, 15) is 4.39 Å². The molecule has 2 nitrogen and oxygen atoms in total. The second kappa shape index (κ2) is 4.44. The first kappa shape index (κ1) is 10.3. The van der Waals surface area contributed by atoms with Gasteiger partial charge in [-0.3, -0.25) is 0 Å². The molecule has 0 aliphatic heterocycles. The molecule has 1 aromatic carbocycles. The summed E-state index contributed by atoms with van der Waals surface area (Å²) in [4.78, 5) is 0. The molecule has 1 rings (SSSR count). The first-order valence-electron chi connectivity index (χ1n) is 3.93. The largest absolute Gasteiger partial charge is 0.490 e. The zero-order valence-electron chi connectivity index (χ0n) is 7.26. The SMILES string of the molecule is CC(N)COc1ccc(F)cc1Cl. The van der Waals surface area contributed by atoms with E-state index in [4.69, 9.17) is 22.1 Å². The second-order valence-corrected chi connectivity index (χ2v) is 3.27. The van der Waals surface area contributed by atoms with Crippen molar-refractivity contribution in [2.45, 2.75) is 13.0 Å². The molecule has 1 unspecified atom stereocenters. The Balaban J connectivity index is 2.67. The number of nitrogens with two attached hydrogens (primary N) is 1. The Bertz CT molecular complexity index is 291. The van der Waals surface area contributed by atoms with Crippen LogP contribution in [0, 0.1) is 5.82 Å². The molecule has 0 aliphatic rings. The Morgan fingerprint density at radius 3 is 2.85 bits per heavy atom. The van der Waals surface area contributed by atoms with Crippen LogP contribution in [0.25, 0.3) is 0 Å². The summed E-state index contributed by atoms with van der Waals surface area (Å²) in [5, 5.41) is 0.264. The Labute approximate surface area is 81.4 Å². The smallest absolute Gasteiger partial charge is 0.138 e. The van der Waals surface area contributed by atoms with Crippen LogP contribution in [-0.2, 0) is 0 Å². The van der Waals surface area contributed by atoms with Crippen LogP contribution in [-0.4, -0.2) is 12.6 Å². The zero-order valence-corrected chi connectivity index (χ0v) is 8.01. The fraction of sp³-hybridized carbons (Fsp3) is 0.333. The van der Waals surface area contributed by atoms with Crippen molar-refractivity contribution < 1.29 is 9.13 Å². The van der Waals surface area contributed by atoms with E-state index in [1.165, 1.54) is 18.2 Å².